The topological polar surface area (TPSA) is 33.2 Å². The van der Waals surface area contributed by atoms with Gasteiger partial charge in [0.1, 0.15) is 0 Å². The van der Waals surface area contributed by atoms with Crippen LogP contribution in [-0.2, 0) is 0 Å². The second-order valence-corrected chi connectivity index (χ2v) is 9.55. The third-order valence-electron chi connectivity index (χ3n) is 5.62. The molecule has 0 atom stereocenters. The zero-order chi connectivity index (χ0) is 13.9. The van der Waals surface area contributed by atoms with Crippen molar-refractivity contribution in [2.45, 2.75) is 38.5 Å². The van der Waals surface area contributed by atoms with E-state index >= 15 is 0 Å². The second-order valence-electron chi connectivity index (χ2n) is 7.43. The summed E-state index contributed by atoms with van der Waals surface area (Å²) in [5.41, 5.74) is 0.0135. The van der Waals surface area contributed by atoms with Gasteiger partial charge in [0, 0.05) is 0 Å². The van der Waals surface area contributed by atoms with Crippen LogP contribution in [0.5, 0.6) is 0 Å². The van der Waals surface area contributed by atoms with Crippen molar-refractivity contribution in [2.75, 3.05) is 19.0 Å². The summed E-state index contributed by atoms with van der Waals surface area (Å²) in [6, 6.07) is 0. The minimum absolute atomic E-state index is 0.0135. The van der Waals surface area contributed by atoms with Crippen molar-refractivity contribution in [3.63, 3.8) is 0 Å². The number of carbonyl (C=O) groups is 1. The van der Waals surface area contributed by atoms with Crippen LogP contribution >= 0.6 is 0 Å². The Morgan fingerprint density at radius 3 is 2.20 bits per heavy atom. The van der Waals surface area contributed by atoms with Crippen LogP contribution in [0.2, 0.25) is 0 Å². The van der Waals surface area contributed by atoms with Crippen LogP contribution in [0.15, 0.2) is 6.20 Å². The molecule has 0 amide bonds. The first-order chi connectivity index (χ1) is 9.56. The van der Waals surface area contributed by atoms with Crippen molar-refractivity contribution >= 4 is 25.0 Å². The standard InChI is InChI=1S/C16H22N2OSe/c1-18(2)15-17-9-13(20-15)14(19)16-6-10-3-11(7-16)5-12(4-10)8-16/h9-12H,3-8H2,1-2H3. The first-order valence-corrected chi connectivity index (χ1v) is 9.45. The molecule has 4 fully saturated rings. The third kappa shape index (κ3) is 1.92. The van der Waals surface area contributed by atoms with Crippen molar-refractivity contribution in [3.8, 4) is 0 Å². The van der Waals surface area contributed by atoms with Gasteiger partial charge in [0.05, 0.1) is 0 Å². The Labute approximate surface area is 126 Å². The second kappa shape index (κ2) is 4.45. The molecule has 0 radical (unpaired) electrons. The molecule has 4 aliphatic carbocycles. The molecule has 20 heavy (non-hydrogen) atoms. The monoisotopic (exact) mass is 338 g/mol. The van der Waals surface area contributed by atoms with E-state index in [2.05, 4.69) is 9.88 Å². The molecule has 4 aliphatic rings. The van der Waals surface area contributed by atoms with E-state index in [9.17, 15) is 4.79 Å². The van der Waals surface area contributed by atoms with Gasteiger partial charge in [-0.25, -0.2) is 0 Å². The number of hydrogen-bond donors (Lipinski definition) is 0. The fraction of sp³-hybridized carbons (Fsp3) is 0.750. The van der Waals surface area contributed by atoms with Crippen LogP contribution in [0.25, 0.3) is 0 Å². The van der Waals surface area contributed by atoms with Crippen LogP contribution in [0, 0.1) is 23.2 Å². The van der Waals surface area contributed by atoms with Gasteiger partial charge >= 0.3 is 126 Å². The molecule has 0 unspecified atom stereocenters. The quantitative estimate of drug-likeness (QED) is 0.628. The maximum atomic E-state index is 13.1. The van der Waals surface area contributed by atoms with Gasteiger partial charge in [0.25, 0.3) is 0 Å². The first-order valence-electron chi connectivity index (χ1n) is 7.74. The fourth-order valence-corrected chi connectivity index (χ4v) is 7.11. The number of carbonyl (C=O) groups excluding carboxylic acids is 1. The van der Waals surface area contributed by atoms with E-state index in [-0.39, 0.29) is 19.9 Å². The Kier molecular flexibility index (Phi) is 2.91. The van der Waals surface area contributed by atoms with E-state index in [0.29, 0.717) is 5.78 Å². The summed E-state index contributed by atoms with van der Waals surface area (Å²) < 4.78 is 2.12. The zero-order valence-electron chi connectivity index (χ0n) is 12.3. The molecule has 4 saturated carbocycles. The summed E-state index contributed by atoms with van der Waals surface area (Å²) >= 11 is 0.129. The van der Waals surface area contributed by atoms with Crippen molar-refractivity contribution in [3.05, 3.63) is 10.6 Å². The molecule has 1 aromatic rings. The predicted molar refractivity (Wildman–Crippen MR) is 80.4 cm³/mol. The molecule has 1 heterocycles. The van der Waals surface area contributed by atoms with E-state index in [1.54, 1.807) is 0 Å². The first kappa shape index (κ1) is 13.1. The molecule has 0 spiro atoms. The Morgan fingerprint density at radius 2 is 1.75 bits per heavy atom. The van der Waals surface area contributed by atoms with E-state index < -0.39 is 0 Å². The summed E-state index contributed by atoms with van der Waals surface area (Å²) in [6.07, 6.45) is 9.58. The summed E-state index contributed by atoms with van der Waals surface area (Å²) in [7, 11) is 4.04. The van der Waals surface area contributed by atoms with Crippen LogP contribution in [0.4, 0.5) is 4.69 Å². The number of Topliss-reactive ketones (excluding diaryl/α,β-unsaturated/α-hetero) is 1. The summed E-state index contributed by atoms with van der Waals surface area (Å²) in [4.78, 5) is 19.6. The van der Waals surface area contributed by atoms with E-state index in [1.807, 2.05) is 20.3 Å². The average molecular weight is 337 g/mol. The van der Waals surface area contributed by atoms with Gasteiger partial charge in [-0.15, -0.1) is 0 Å². The summed E-state index contributed by atoms with van der Waals surface area (Å²) in [5, 5.41) is 0. The van der Waals surface area contributed by atoms with Crippen LogP contribution in [0.3, 0.4) is 0 Å². The molecule has 4 heteroatoms. The molecule has 0 N–H and O–H groups in total. The van der Waals surface area contributed by atoms with Crippen molar-refractivity contribution in [2.24, 2.45) is 23.2 Å². The number of anilines is 1. The van der Waals surface area contributed by atoms with E-state index in [0.717, 1.165) is 26.9 Å². The number of ketones is 1. The molecule has 0 saturated heterocycles. The number of aromatic nitrogens is 1. The summed E-state index contributed by atoms with van der Waals surface area (Å²) in [6.45, 7) is 0. The van der Waals surface area contributed by atoms with Crippen LogP contribution in [-0.4, -0.2) is 39.4 Å². The Balaban J connectivity index is 1.64. The molecule has 1 aromatic heterocycles. The number of nitrogens with zero attached hydrogens (tertiary/aromatic N) is 2. The Bertz CT molecular complexity index is 513. The molecule has 4 bridgehead atoms. The van der Waals surface area contributed by atoms with Gasteiger partial charge in [-0.3, -0.25) is 0 Å². The normalized spacial score (nSPS) is 38.2. The molecule has 0 aromatic carbocycles. The van der Waals surface area contributed by atoms with Crippen molar-refractivity contribution < 1.29 is 4.79 Å². The van der Waals surface area contributed by atoms with Gasteiger partial charge in [-0.2, -0.15) is 0 Å². The third-order valence-corrected chi connectivity index (χ3v) is 8.06. The van der Waals surface area contributed by atoms with Gasteiger partial charge in [0.2, 0.25) is 0 Å². The minimum atomic E-state index is 0.0135. The van der Waals surface area contributed by atoms with Crippen molar-refractivity contribution in [1.82, 2.24) is 4.98 Å². The Morgan fingerprint density at radius 1 is 1.20 bits per heavy atom. The fourth-order valence-electron chi connectivity index (χ4n) is 5.23. The van der Waals surface area contributed by atoms with Gasteiger partial charge in [-0.05, 0) is 0 Å². The van der Waals surface area contributed by atoms with Crippen molar-refractivity contribution in [1.29, 1.82) is 0 Å². The van der Waals surface area contributed by atoms with Crippen LogP contribution < -0.4 is 4.90 Å². The van der Waals surface area contributed by atoms with Gasteiger partial charge < -0.3 is 0 Å². The molecule has 3 nitrogen and oxygen atoms in total. The summed E-state index contributed by atoms with van der Waals surface area (Å²) in [5.74, 6) is 2.99. The SMILES string of the molecule is CN(C)c1ncc(C(=O)C23CC4CC(CC(C4)C2)C3)[se]1. The van der Waals surface area contributed by atoms with Crippen LogP contribution in [0.1, 0.15) is 47.8 Å². The number of hydrogen-bond acceptors (Lipinski definition) is 3. The molecule has 5 rings (SSSR count). The molecule has 108 valence electrons. The predicted octanol–water partition coefficient (Wildman–Crippen LogP) is 2.60. The number of rotatable bonds is 3. The average Bonchev–Trinajstić information content (AvgIpc) is 2.85. The molecular formula is C16H22N2OSe. The Hall–Kier alpha value is -0.601. The van der Waals surface area contributed by atoms with E-state index in [1.165, 1.54) is 38.5 Å². The van der Waals surface area contributed by atoms with E-state index in [4.69, 9.17) is 0 Å². The maximum absolute atomic E-state index is 13.1. The zero-order valence-corrected chi connectivity index (χ0v) is 14.0. The molecular weight excluding hydrogens is 315 g/mol. The molecule has 0 aliphatic heterocycles. The van der Waals surface area contributed by atoms with Gasteiger partial charge in [-0.1, -0.05) is 0 Å². The van der Waals surface area contributed by atoms with Gasteiger partial charge in [0.15, 0.2) is 0 Å².